The first-order valence-electron chi connectivity index (χ1n) is 10.3. The molecule has 0 aliphatic carbocycles. The molecule has 0 bridgehead atoms. The van der Waals surface area contributed by atoms with Crippen molar-refractivity contribution >= 4 is 28.3 Å². The van der Waals surface area contributed by atoms with Crippen LogP contribution in [0, 0.1) is 0 Å². The molecule has 0 spiro atoms. The lowest BCUT2D eigenvalue weighted by Crippen LogP contribution is -2.51. The summed E-state index contributed by atoms with van der Waals surface area (Å²) >= 11 is 5.97. The molecule has 0 radical (unpaired) electrons. The number of amides is 1. The van der Waals surface area contributed by atoms with E-state index in [1.54, 1.807) is 6.07 Å². The van der Waals surface area contributed by atoms with Gasteiger partial charge in [0.05, 0.1) is 10.5 Å². The first-order valence-corrected chi connectivity index (χ1v) is 12.2. The summed E-state index contributed by atoms with van der Waals surface area (Å²) in [5, 5.41) is 2.65. The second kappa shape index (κ2) is 8.86. The molecule has 6 nitrogen and oxygen atoms in total. The summed E-state index contributed by atoms with van der Waals surface area (Å²) in [5.74, 6) is 0.144. The molecule has 8 heteroatoms. The van der Waals surface area contributed by atoms with E-state index in [2.05, 4.69) is 41.6 Å². The van der Waals surface area contributed by atoms with Crippen molar-refractivity contribution in [3.8, 4) is 0 Å². The third-order valence-electron chi connectivity index (χ3n) is 5.97. The Hall–Kier alpha value is -1.61. The molecule has 0 aromatic heterocycles. The van der Waals surface area contributed by atoms with Crippen LogP contribution in [0.2, 0.25) is 5.02 Å². The highest BCUT2D eigenvalue weighted by Gasteiger charge is 2.41. The fourth-order valence-corrected chi connectivity index (χ4v) is 6.20. The van der Waals surface area contributed by atoms with Crippen molar-refractivity contribution in [2.45, 2.75) is 43.0 Å². The second-order valence-corrected chi connectivity index (χ2v) is 10.3. The van der Waals surface area contributed by atoms with Crippen LogP contribution in [-0.4, -0.2) is 50.0 Å². The molecule has 2 atom stereocenters. The van der Waals surface area contributed by atoms with Crippen molar-refractivity contribution in [3.05, 3.63) is 64.7 Å². The average Bonchev–Trinajstić information content (AvgIpc) is 2.91. The molecule has 1 saturated heterocycles. The van der Waals surface area contributed by atoms with E-state index in [1.807, 2.05) is 6.07 Å². The van der Waals surface area contributed by atoms with Crippen molar-refractivity contribution in [2.75, 3.05) is 19.6 Å². The number of carbonyl (C=O) groups excluding carboxylic acids is 1. The van der Waals surface area contributed by atoms with Gasteiger partial charge in [-0.3, -0.25) is 19.3 Å². The fraction of sp³-hybridized carbons (Fsp3) is 0.409. The molecular formula is C22H28ClN3O3S. The molecule has 1 amide bonds. The van der Waals surface area contributed by atoms with Gasteiger partial charge >= 0.3 is 0 Å². The van der Waals surface area contributed by atoms with Crippen molar-refractivity contribution in [2.24, 2.45) is 0 Å². The summed E-state index contributed by atoms with van der Waals surface area (Å²) in [4.78, 5) is 12.9. The molecule has 4 rings (SSSR count). The van der Waals surface area contributed by atoms with E-state index in [0.717, 1.165) is 25.9 Å². The molecule has 0 saturated carbocycles. The molecule has 162 valence electrons. The van der Waals surface area contributed by atoms with Gasteiger partial charge in [-0.1, -0.05) is 52.7 Å². The molecule has 2 heterocycles. The molecule has 3 N–H and O–H groups in total. The Labute approximate surface area is 184 Å². The topological polar surface area (TPSA) is 76.0 Å². The van der Waals surface area contributed by atoms with Gasteiger partial charge in [-0.05, 0) is 49.9 Å². The van der Waals surface area contributed by atoms with Crippen LogP contribution >= 0.6 is 22.4 Å². The summed E-state index contributed by atoms with van der Waals surface area (Å²) in [5.41, 5.74) is 5.25. The van der Waals surface area contributed by atoms with Crippen LogP contribution in [-0.2, 0) is 0 Å². The lowest BCUT2D eigenvalue weighted by molar-refractivity contribution is 0.0850. The molecule has 2 aliphatic rings. The van der Waals surface area contributed by atoms with Gasteiger partial charge in [0.2, 0.25) is 0 Å². The number of nitrogens with one attached hydrogen (secondary N) is 1. The SMILES string of the molecule is C[C@@H]1NN(CCCCN2C(=O)c3cc(Cl)ccc3S2(O)O)CC[C@H]1c1ccccc1. The van der Waals surface area contributed by atoms with Gasteiger partial charge in [0.25, 0.3) is 5.91 Å². The fourth-order valence-electron chi connectivity index (χ4n) is 4.38. The summed E-state index contributed by atoms with van der Waals surface area (Å²) in [6.45, 7) is 4.34. The molecule has 30 heavy (non-hydrogen) atoms. The van der Waals surface area contributed by atoms with Gasteiger partial charge in [-0.15, -0.1) is 0 Å². The molecule has 2 aromatic rings. The van der Waals surface area contributed by atoms with Crippen LogP contribution in [0.4, 0.5) is 0 Å². The summed E-state index contributed by atoms with van der Waals surface area (Å²) in [7, 11) is -3.27. The van der Waals surface area contributed by atoms with Crippen molar-refractivity contribution < 1.29 is 13.9 Å². The van der Waals surface area contributed by atoms with Crippen molar-refractivity contribution in [1.29, 1.82) is 0 Å². The predicted molar refractivity (Wildman–Crippen MR) is 121 cm³/mol. The van der Waals surface area contributed by atoms with E-state index in [0.29, 0.717) is 35.5 Å². The molecule has 2 aliphatic heterocycles. The average molecular weight is 450 g/mol. The summed E-state index contributed by atoms with van der Waals surface area (Å²) in [6, 6.07) is 15.6. The van der Waals surface area contributed by atoms with Crippen molar-refractivity contribution in [3.63, 3.8) is 0 Å². The monoisotopic (exact) mass is 449 g/mol. The Balaban J connectivity index is 1.27. The van der Waals surface area contributed by atoms with E-state index in [-0.39, 0.29) is 10.8 Å². The number of fused-ring (bicyclic) bond motifs is 1. The second-order valence-electron chi connectivity index (χ2n) is 7.98. The highest BCUT2D eigenvalue weighted by Crippen LogP contribution is 2.58. The van der Waals surface area contributed by atoms with E-state index >= 15 is 0 Å². The number of hydrazine groups is 1. The summed E-state index contributed by atoms with van der Waals surface area (Å²) in [6.07, 6.45) is 2.64. The minimum absolute atomic E-state index is 0.273. The van der Waals surface area contributed by atoms with Crippen LogP contribution in [0.1, 0.15) is 48.0 Å². The van der Waals surface area contributed by atoms with Crippen LogP contribution < -0.4 is 5.43 Å². The van der Waals surface area contributed by atoms with Gasteiger partial charge < -0.3 is 0 Å². The number of hydrogen-bond donors (Lipinski definition) is 3. The highest BCUT2D eigenvalue weighted by atomic mass is 35.5. The first kappa shape index (κ1) is 21.6. The Morgan fingerprint density at radius 1 is 1.13 bits per heavy atom. The van der Waals surface area contributed by atoms with Gasteiger partial charge in [0.1, 0.15) is 0 Å². The third kappa shape index (κ3) is 4.23. The maximum Gasteiger partial charge on any atom is 0.274 e. The van der Waals surface area contributed by atoms with Crippen LogP contribution in [0.15, 0.2) is 53.4 Å². The van der Waals surface area contributed by atoms with E-state index in [1.165, 1.54) is 22.0 Å². The van der Waals surface area contributed by atoms with Crippen LogP contribution in [0.25, 0.3) is 0 Å². The lowest BCUT2D eigenvalue weighted by Gasteiger charge is -2.39. The largest absolute Gasteiger partial charge is 0.277 e. The molecule has 2 aromatic carbocycles. The first-order chi connectivity index (χ1) is 14.4. The van der Waals surface area contributed by atoms with Gasteiger partial charge in [-0.25, -0.2) is 9.31 Å². The van der Waals surface area contributed by atoms with Crippen LogP contribution in [0.5, 0.6) is 0 Å². The minimum atomic E-state index is -3.27. The van der Waals surface area contributed by atoms with Gasteiger partial charge in [-0.2, -0.15) is 0 Å². The Morgan fingerprint density at radius 3 is 2.60 bits per heavy atom. The normalized spacial score (nSPS) is 24.7. The zero-order valence-corrected chi connectivity index (χ0v) is 18.6. The maximum atomic E-state index is 12.6. The highest BCUT2D eigenvalue weighted by molar-refractivity contribution is 8.23. The van der Waals surface area contributed by atoms with Gasteiger partial charge in [0, 0.05) is 36.6 Å². The third-order valence-corrected chi connectivity index (χ3v) is 8.11. The Kier molecular flexibility index (Phi) is 6.39. The predicted octanol–water partition coefficient (Wildman–Crippen LogP) is 4.98. The smallest absolute Gasteiger partial charge is 0.274 e. The maximum absolute atomic E-state index is 12.6. The Morgan fingerprint density at radius 2 is 1.87 bits per heavy atom. The lowest BCUT2D eigenvalue weighted by atomic mass is 9.88. The van der Waals surface area contributed by atoms with E-state index < -0.39 is 10.8 Å². The van der Waals surface area contributed by atoms with Crippen molar-refractivity contribution in [1.82, 2.24) is 14.7 Å². The molecule has 0 unspecified atom stereocenters. The Bertz CT molecular complexity index is 912. The summed E-state index contributed by atoms with van der Waals surface area (Å²) < 4.78 is 22.3. The van der Waals surface area contributed by atoms with E-state index in [9.17, 15) is 13.9 Å². The van der Waals surface area contributed by atoms with Gasteiger partial charge in [0.15, 0.2) is 0 Å². The number of nitrogens with zero attached hydrogens (tertiary/aromatic N) is 2. The minimum Gasteiger partial charge on any atom is -0.277 e. The number of unbranched alkanes of at least 4 members (excludes halogenated alkanes) is 1. The zero-order valence-electron chi connectivity index (χ0n) is 17.0. The number of rotatable bonds is 6. The number of hydrogen-bond acceptors (Lipinski definition) is 5. The van der Waals surface area contributed by atoms with E-state index in [4.69, 9.17) is 11.6 Å². The molecular weight excluding hydrogens is 422 g/mol. The van der Waals surface area contributed by atoms with Crippen LogP contribution in [0.3, 0.4) is 0 Å². The molecule has 1 fully saturated rings. The zero-order chi connectivity index (χ0) is 21.3. The number of halogens is 1. The standard InChI is InChI=1S/C22H28ClN3O3S/c1-16-19(17-7-3-2-4-8-17)11-14-25(24-16)12-5-6-13-26-22(27)20-15-18(23)9-10-21(20)30(26,28)29/h2-4,7-10,15-16,19,24,28-29H,5-6,11-14H2,1H3/t16-,19+/m0/s1. The quantitative estimate of drug-likeness (QED) is 0.542. The number of benzene rings is 2. The number of carbonyl (C=O) groups is 1.